The highest BCUT2D eigenvalue weighted by molar-refractivity contribution is 5.57. The Kier molecular flexibility index (Phi) is 5.00. The first-order chi connectivity index (χ1) is 9.95. The van der Waals surface area contributed by atoms with Crippen molar-refractivity contribution in [3.8, 4) is 0 Å². The molecule has 0 aliphatic heterocycles. The molecule has 1 saturated carbocycles. The zero-order valence-corrected chi connectivity index (χ0v) is 13.2. The van der Waals surface area contributed by atoms with Gasteiger partial charge in [-0.1, -0.05) is 33.1 Å². The summed E-state index contributed by atoms with van der Waals surface area (Å²) in [7, 11) is 0. The van der Waals surface area contributed by atoms with Crippen LogP contribution in [0.5, 0.6) is 0 Å². The summed E-state index contributed by atoms with van der Waals surface area (Å²) in [6.07, 6.45) is 5.10. The summed E-state index contributed by atoms with van der Waals surface area (Å²) in [5.74, 6) is 7.88. The molecule has 0 saturated heterocycles. The molecule has 5 N–H and O–H groups in total. The number of nitrogens with one attached hydrogen (secondary N) is 2. The number of rotatable bonds is 5. The lowest BCUT2D eigenvalue weighted by Gasteiger charge is -2.32. The average Bonchev–Trinajstić information content (AvgIpc) is 2.46. The van der Waals surface area contributed by atoms with Crippen LogP contribution in [0.3, 0.4) is 0 Å². The molecule has 1 aliphatic rings. The minimum Gasteiger partial charge on any atom is -0.388 e. The Hall–Kier alpha value is -1.40. The van der Waals surface area contributed by atoms with Crippen LogP contribution in [0.2, 0.25) is 0 Å². The monoisotopic (exact) mass is 293 g/mol. The third kappa shape index (κ3) is 3.83. The van der Waals surface area contributed by atoms with Crippen molar-refractivity contribution in [2.45, 2.75) is 64.4 Å². The molecule has 118 valence electrons. The van der Waals surface area contributed by atoms with Crippen molar-refractivity contribution in [2.75, 3.05) is 17.3 Å². The number of aliphatic hydroxyl groups is 1. The van der Waals surface area contributed by atoms with Crippen LogP contribution in [0.25, 0.3) is 0 Å². The number of hydrogen-bond acceptors (Lipinski definition) is 6. The molecular weight excluding hydrogens is 266 g/mol. The van der Waals surface area contributed by atoms with Crippen molar-refractivity contribution in [3.05, 3.63) is 11.4 Å². The fourth-order valence-electron chi connectivity index (χ4n) is 2.74. The number of hydrazine groups is 1. The van der Waals surface area contributed by atoms with Crippen LogP contribution in [0, 0.1) is 6.92 Å². The zero-order chi connectivity index (χ0) is 15.5. The summed E-state index contributed by atoms with van der Waals surface area (Å²) in [5, 5.41) is 13.9. The average molecular weight is 293 g/mol. The third-order valence-electron chi connectivity index (χ3n) is 4.19. The Labute approximate surface area is 126 Å². The Morgan fingerprint density at radius 2 is 1.81 bits per heavy atom. The van der Waals surface area contributed by atoms with Crippen LogP contribution < -0.4 is 16.6 Å². The number of hydrogen-bond donors (Lipinski definition) is 4. The van der Waals surface area contributed by atoms with Crippen LogP contribution in [0.15, 0.2) is 0 Å². The second-order valence-electron chi connectivity index (χ2n) is 6.34. The maximum Gasteiger partial charge on any atom is 0.148 e. The Morgan fingerprint density at radius 3 is 2.38 bits per heavy atom. The highest BCUT2D eigenvalue weighted by Crippen LogP contribution is 2.29. The Morgan fingerprint density at radius 1 is 1.19 bits per heavy atom. The SMILES string of the molecule is Cc1c(NN)nc(C(C)C)nc1NCC1(O)CCCCC1. The Bertz CT molecular complexity index is 483. The lowest BCUT2D eigenvalue weighted by molar-refractivity contribution is 0.0166. The fraction of sp³-hybridized carbons (Fsp3) is 0.733. The van der Waals surface area contributed by atoms with E-state index >= 15 is 0 Å². The molecule has 1 aliphatic carbocycles. The van der Waals surface area contributed by atoms with Gasteiger partial charge in [-0.3, -0.25) is 0 Å². The van der Waals surface area contributed by atoms with Gasteiger partial charge in [-0.15, -0.1) is 0 Å². The van der Waals surface area contributed by atoms with Gasteiger partial charge in [0.05, 0.1) is 5.60 Å². The highest BCUT2D eigenvalue weighted by Gasteiger charge is 2.29. The van der Waals surface area contributed by atoms with Crippen LogP contribution >= 0.6 is 0 Å². The molecular formula is C15H27N5O. The summed E-state index contributed by atoms with van der Waals surface area (Å²) < 4.78 is 0. The molecule has 0 radical (unpaired) electrons. The topological polar surface area (TPSA) is 96.1 Å². The summed E-state index contributed by atoms with van der Waals surface area (Å²) in [6, 6.07) is 0. The smallest absolute Gasteiger partial charge is 0.148 e. The summed E-state index contributed by atoms with van der Waals surface area (Å²) in [6.45, 7) is 6.53. The lowest BCUT2D eigenvalue weighted by Crippen LogP contribution is -2.39. The van der Waals surface area contributed by atoms with E-state index in [4.69, 9.17) is 5.84 Å². The van der Waals surface area contributed by atoms with E-state index in [-0.39, 0.29) is 5.92 Å². The number of anilines is 2. The Balaban J connectivity index is 2.16. The molecule has 2 rings (SSSR count). The molecule has 0 amide bonds. The molecule has 1 aromatic heterocycles. The van der Waals surface area contributed by atoms with Gasteiger partial charge >= 0.3 is 0 Å². The van der Waals surface area contributed by atoms with E-state index in [9.17, 15) is 5.11 Å². The standard InChI is InChI=1S/C15H27N5O/c1-10(2)12-18-13(11(3)14(19-12)20-16)17-9-15(21)7-5-4-6-8-15/h10,21H,4-9,16H2,1-3H3,(H2,17,18,19,20). The minimum absolute atomic E-state index is 0.219. The normalized spacial score (nSPS) is 17.8. The lowest BCUT2D eigenvalue weighted by atomic mass is 9.85. The molecule has 1 heterocycles. The van der Waals surface area contributed by atoms with Gasteiger partial charge in [0.1, 0.15) is 17.5 Å². The molecule has 6 nitrogen and oxygen atoms in total. The molecule has 0 aromatic carbocycles. The van der Waals surface area contributed by atoms with Gasteiger partial charge in [0.2, 0.25) is 0 Å². The zero-order valence-electron chi connectivity index (χ0n) is 13.2. The van der Waals surface area contributed by atoms with E-state index in [2.05, 4.69) is 20.7 Å². The highest BCUT2D eigenvalue weighted by atomic mass is 16.3. The number of nitrogens with zero attached hydrogens (tertiary/aromatic N) is 2. The van der Waals surface area contributed by atoms with Crippen molar-refractivity contribution in [2.24, 2.45) is 5.84 Å². The maximum absolute atomic E-state index is 10.6. The largest absolute Gasteiger partial charge is 0.388 e. The number of aromatic nitrogens is 2. The van der Waals surface area contributed by atoms with Gasteiger partial charge in [0.25, 0.3) is 0 Å². The molecule has 0 unspecified atom stereocenters. The van der Waals surface area contributed by atoms with E-state index in [0.717, 1.165) is 42.9 Å². The molecule has 1 aromatic rings. The van der Waals surface area contributed by atoms with Crippen molar-refractivity contribution in [1.29, 1.82) is 0 Å². The first-order valence-corrected chi connectivity index (χ1v) is 7.76. The minimum atomic E-state index is -0.621. The van der Waals surface area contributed by atoms with Crippen molar-refractivity contribution in [3.63, 3.8) is 0 Å². The van der Waals surface area contributed by atoms with E-state index in [0.29, 0.717) is 12.4 Å². The summed E-state index contributed by atoms with van der Waals surface area (Å²) in [4.78, 5) is 8.98. The third-order valence-corrected chi connectivity index (χ3v) is 4.19. The predicted molar refractivity (Wildman–Crippen MR) is 85.2 cm³/mol. The molecule has 0 atom stereocenters. The van der Waals surface area contributed by atoms with Crippen LogP contribution in [0.4, 0.5) is 11.6 Å². The summed E-state index contributed by atoms with van der Waals surface area (Å²) in [5.41, 5.74) is 2.88. The van der Waals surface area contributed by atoms with Crippen LogP contribution in [-0.2, 0) is 0 Å². The van der Waals surface area contributed by atoms with E-state index in [1.54, 1.807) is 0 Å². The first kappa shape index (κ1) is 16.0. The van der Waals surface area contributed by atoms with Gasteiger partial charge in [0, 0.05) is 18.0 Å². The predicted octanol–water partition coefficient (Wildman–Crippen LogP) is 2.30. The van der Waals surface area contributed by atoms with Gasteiger partial charge < -0.3 is 15.8 Å². The van der Waals surface area contributed by atoms with Crippen LogP contribution in [-0.4, -0.2) is 27.2 Å². The summed E-state index contributed by atoms with van der Waals surface area (Å²) >= 11 is 0. The second-order valence-corrected chi connectivity index (χ2v) is 6.34. The molecule has 0 spiro atoms. The van der Waals surface area contributed by atoms with E-state index in [1.807, 2.05) is 20.8 Å². The molecule has 6 heteroatoms. The maximum atomic E-state index is 10.6. The molecule has 21 heavy (non-hydrogen) atoms. The fourth-order valence-corrected chi connectivity index (χ4v) is 2.74. The number of nitrogens with two attached hydrogens (primary N) is 1. The van der Waals surface area contributed by atoms with E-state index in [1.165, 1.54) is 6.42 Å². The molecule has 0 bridgehead atoms. The van der Waals surface area contributed by atoms with Crippen molar-refractivity contribution < 1.29 is 5.11 Å². The van der Waals surface area contributed by atoms with Gasteiger partial charge in [-0.05, 0) is 19.8 Å². The quantitative estimate of drug-likeness (QED) is 0.491. The number of nitrogen functional groups attached to an aromatic ring is 1. The van der Waals surface area contributed by atoms with Crippen molar-refractivity contribution >= 4 is 11.6 Å². The van der Waals surface area contributed by atoms with Gasteiger partial charge in [0.15, 0.2) is 0 Å². The molecule has 1 fully saturated rings. The van der Waals surface area contributed by atoms with Crippen molar-refractivity contribution in [1.82, 2.24) is 9.97 Å². The van der Waals surface area contributed by atoms with Gasteiger partial charge in [-0.25, -0.2) is 15.8 Å². The van der Waals surface area contributed by atoms with Gasteiger partial charge in [-0.2, -0.15) is 0 Å². The van der Waals surface area contributed by atoms with Crippen LogP contribution in [0.1, 0.15) is 63.3 Å². The first-order valence-electron chi connectivity index (χ1n) is 7.76. The van der Waals surface area contributed by atoms with E-state index < -0.39 is 5.60 Å². The second kappa shape index (κ2) is 6.58.